The summed E-state index contributed by atoms with van der Waals surface area (Å²) in [6.07, 6.45) is 3.91. The molecule has 0 aromatic heterocycles. The highest BCUT2D eigenvalue weighted by molar-refractivity contribution is 5.76. The Morgan fingerprint density at radius 3 is 2.44 bits per heavy atom. The predicted molar refractivity (Wildman–Crippen MR) is 104 cm³/mol. The molecule has 0 spiro atoms. The first-order chi connectivity index (χ1) is 12.1. The largest absolute Gasteiger partial charge is 0.372 e. The predicted octanol–water partition coefficient (Wildman–Crippen LogP) is 4.15. The molecule has 0 radical (unpaired) electrons. The van der Waals surface area contributed by atoms with Crippen molar-refractivity contribution in [2.45, 2.75) is 46.1 Å². The molecule has 0 bridgehead atoms. The third-order valence-corrected chi connectivity index (χ3v) is 5.02. The molecule has 2 aromatic rings. The topological polar surface area (TPSA) is 32.3 Å². The summed E-state index contributed by atoms with van der Waals surface area (Å²) in [4.78, 5) is 14.5. The molecule has 132 valence electrons. The minimum Gasteiger partial charge on any atom is -0.372 e. The molecule has 1 N–H and O–H groups in total. The Morgan fingerprint density at radius 2 is 1.76 bits per heavy atom. The van der Waals surface area contributed by atoms with Crippen molar-refractivity contribution in [1.29, 1.82) is 0 Å². The lowest BCUT2D eigenvalue weighted by atomic mass is 10.0. The minimum atomic E-state index is 0.114. The van der Waals surface area contributed by atoms with Crippen molar-refractivity contribution in [2.24, 2.45) is 0 Å². The molecule has 0 unspecified atom stereocenters. The van der Waals surface area contributed by atoms with E-state index in [1.54, 1.807) is 0 Å². The van der Waals surface area contributed by atoms with E-state index in [-0.39, 0.29) is 5.91 Å². The summed E-state index contributed by atoms with van der Waals surface area (Å²) in [6.45, 7) is 7.13. The number of nitrogens with one attached hydrogen (secondary N) is 1. The maximum absolute atomic E-state index is 12.1. The lowest BCUT2D eigenvalue weighted by Crippen LogP contribution is -2.23. The molecular formula is C22H28N2O. The van der Waals surface area contributed by atoms with Gasteiger partial charge in [0.25, 0.3) is 0 Å². The number of rotatable bonds is 6. The summed E-state index contributed by atoms with van der Waals surface area (Å²) in [5.74, 6) is 0.114. The summed E-state index contributed by atoms with van der Waals surface area (Å²) < 4.78 is 0. The van der Waals surface area contributed by atoms with Gasteiger partial charge in [0.1, 0.15) is 0 Å². The van der Waals surface area contributed by atoms with E-state index in [1.165, 1.54) is 35.2 Å². The molecule has 3 rings (SSSR count). The van der Waals surface area contributed by atoms with Crippen molar-refractivity contribution in [2.75, 3.05) is 18.0 Å². The summed E-state index contributed by atoms with van der Waals surface area (Å²) in [5, 5.41) is 3.04. The van der Waals surface area contributed by atoms with Crippen LogP contribution in [-0.2, 0) is 17.8 Å². The maximum atomic E-state index is 12.1. The zero-order chi connectivity index (χ0) is 17.6. The molecule has 2 aromatic carbocycles. The van der Waals surface area contributed by atoms with Crippen LogP contribution in [0.5, 0.6) is 0 Å². The number of hydrogen-bond donors (Lipinski definition) is 1. The van der Waals surface area contributed by atoms with E-state index in [9.17, 15) is 4.79 Å². The molecule has 0 atom stereocenters. The van der Waals surface area contributed by atoms with E-state index in [0.29, 0.717) is 13.0 Å². The average Bonchev–Trinajstić information content (AvgIpc) is 3.14. The lowest BCUT2D eigenvalue weighted by Gasteiger charge is -2.17. The van der Waals surface area contributed by atoms with E-state index < -0.39 is 0 Å². The Morgan fingerprint density at radius 1 is 1.04 bits per heavy atom. The van der Waals surface area contributed by atoms with Crippen LogP contribution in [-0.4, -0.2) is 19.0 Å². The smallest absolute Gasteiger partial charge is 0.220 e. The monoisotopic (exact) mass is 336 g/mol. The van der Waals surface area contributed by atoms with Gasteiger partial charge in [0, 0.05) is 31.7 Å². The van der Waals surface area contributed by atoms with Gasteiger partial charge in [0.2, 0.25) is 5.91 Å². The standard InChI is InChI=1S/C22H28N2O/c1-17-5-8-20(18(2)15-17)9-12-22(25)23-16-19-6-10-21(11-7-19)24-13-3-4-14-24/h5-8,10-11,15H,3-4,9,12-14,16H2,1-2H3,(H,23,25). The second-order valence-corrected chi connectivity index (χ2v) is 7.07. The Kier molecular flexibility index (Phi) is 5.75. The van der Waals surface area contributed by atoms with Gasteiger partial charge in [-0.2, -0.15) is 0 Å². The summed E-state index contributed by atoms with van der Waals surface area (Å²) in [6, 6.07) is 15.0. The Bertz CT molecular complexity index is 715. The average molecular weight is 336 g/mol. The number of carbonyl (C=O) groups excluding carboxylic acids is 1. The van der Waals surface area contributed by atoms with Crippen LogP contribution in [0.3, 0.4) is 0 Å². The first-order valence-electron chi connectivity index (χ1n) is 9.28. The van der Waals surface area contributed by atoms with Crippen molar-refractivity contribution >= 4 is 11.6 Å². The number of aryl methyl sites for hydroxylation is 3. The van der Waals surface area contributed by atoms with Gasteiger partial charge in [-0.05, 0) is 61.9 Å². The highest BCUT2D eigenvalue weighted by atomic mass is 16.1. The first kappa shape index (κ1) is 17.5. The highest BCUT2D eigenvalue weighted by Gasteiger charge is 2.11. The molecule has 1 amide bonds. The second-order valence-electron chi connectivity index (χ2n) is 7.07. The lowest BCUT2D eigenvalue weighted by molar-refractivity contribution is -0.121. The van der Waals surface area contributed by atoms with Gasteiger partial charge in [-0.3, -0.25) is 4.79 Å². The molecule has 0 saturated carbocycles. The van der Waals surface area contributed by atoms with Crippen molar-refractivity contribution in [3.63, 3.8) is 0 Å². The van der Waals surface area contributed by atoms with Crippen LogP contribution in [0.25, 0.3) is 0 Å². The number of nitrogens with zero attached hydrogens (tertiary/aromatic N) is 1. The van der Waals surface area contributed by atoms with Gasteiger partial charge < -0.3 is 10.2 Å². The zero-order valence-corrected chi connectivity index (χ0v) is 15.3. The van der Waals surface area contributed by atoms with Crippen LogP contribution in [0.2, 0.25) is 0 Å². The van der Waals surface area contributed by atoms with Crippen molar-refractivity contribution in [1.82, 2.24) is 5.32 Å². The van der Waals surface area contributed by atoms with Gasteiger partial charge in [0.15, 0.2) is 0 Å². The minimum absolute atomic E-state index is 0.114. The van der Waals surface area contributed by atoms with E-state index in [4.69, 9.17) is 0 Å². The van der Waals surface area contributed by atoms with Crippen LogP contribution < -0.4 is 10.2 Å². The van der Waals surface area contributed by atoms with Crippen molar-refractivity contribution in [3.8, 4) is 0 Å². The van der Waals surface area contributed by atoms with E-state index in [2.05, 4.69) is 66.5 Å². The molecule has 0 aliphatic carbocycles. The third kappa shape index (κ3) is 4.85. The normalized spacial score (nSPS) is 13.9. The summed E-state index contributed by atoms with van der Waals surface area (Å²) >= 11 is 0. The maximum Gasteiger partial charge on any atom is 0.220 e. The quantitative estimate of drug-likeness (QED) is 0.859. The van der Waals surface area contributed by atoms with E-state index in [1.807, 2.05) is 0 Å². The van der Waals surface area contributed by atoms with Crippen LogP contribution in [0.4, 0.5) is 5.69 Å². The number of carbonyl (C=O) groups is 1. The molecule has 1 heterocycles. The SMILES string of the molecule is Cc1ccc(CCC(=O)NCc2ccc(N3CCCC3)cc2)c(C)c1. The van der Waals surface area contributed by atoms with Gasteiger partial charge in [-0.15, -0.1) is 0 Å². The Hall–Kier alpha value is -2.29. The van der Waals surface area contributed by atoms with E-state index >= 15 is 0 Å². The molecule has 1 aliphatic heterocycles. The van der Waals surface area contributed by atoms with Crippen LogP contribution in [0, 0.1) is 13.8 Å². The van der Waals surface area contributed by atoms with E-state index in [0.717, 1.165) is 25.1 Å². The van der Waals surface area contributed by atoms with Crippen molar-refractivity contribution < 1.29 is 4.79 Å². The van der Waals surface area contributed by atoms with Gasteiger partial charge >= 0.3 is 0 Å². The molecule has 3 heteroatoms. The Balaban J connectivity index is 1.45. The summed E-state index contributed by atoms with van der Waals surface area (Å²) in [7, 11) is 0. The molecule has 1 fully saturated rings. The third-order valence-electron chi connectivity index (χ3n) is 5.02. The summed E-state index contributed by atoms with van der Waals surface area (Å²) in [5.41, 5.74) is 6.24. The molecular weight excluding hydrogens is 308 g/mol. The van der Waals surface area contributed by atoms with Crippen LogP contribution in [0.15, 0.2) is 42.5 Å². The number of benzene rings is 2. The second kappa shape index (κ2) is 8.19. The fourth-order valence-electron chi connectivity index (χ4n) is 3.46. The fraction of sp³-hybridized carbons (Fsp3) is 0.409. The number of amides is 1. The van der Waals surface area contributed by atoms with Gasteiger partial charge in [-0.25, -0.2) is 0 Å². The van der Waals surface area contributed by atoms with Gasteiger partial charge in [-0.1, -0.05) is 35.9 Å². The molecule has 3 nitrogen and oxygen atoms in total. The number of hydrogen-bond acceptors (Lipinski definition) is 2. The van der Waals surface area contributed by atoms with Crippen molar-refractivity contribution in [3.05, 3.63) is 64.7 Å². The molecule has 1 saturated heterocycles. The van der Waals surface area contributed by atoms with Crippen LogP contribution >= 0.6 is 0 Å². The van der Waals surface area contributed by atoms with Gasteiger partial charge in [0.05, 0.1) is 0 Å². The zero-order valence-electron chi connectivity index (χ0n) is 15.3. The molecule has 1 aliphatic rings. The first-order valence-corrected chi connectivity index (χ1v) is 9.28. The van der Waals surface area contributed by atoms with Crippen LogP contribution in [0.1, 0.15) is 41.5 Å². The Labute approximate surface area is 151 Å². The fourth-order valence-corrected chi connectivity index (χ4v) is 3.46. The molecule has 25 heavy (non-hydrogen) atoms. The number of anilines is 1. The highest BCUT2D eigenvalue weighted by Crippen LogP contribution is 2.20.